The molecule has 2 nitrogen and oxygen atoms in total. The Morgan fingerprint density at radius 2 is 1.55 bits per heavy atom. The third kappa shape index (κ3) is 9.17. The van der Waals surface area contributed by atoms with Gasteiger partial charge in [0, 0.05) is 18.9 Å². The van der Waals surface area contributed by atoms with Crippen LogP contribution in [0.5, 0.6) is 0 Å². The van der Waals surface area contributed by atoms with E-state index in [1.54, 1.807) is 0 Å². The van der Waals surface area contributed by atoms with Crippen LogP contribution in [-0.4, -0.2) is 9.55 Å². The standard InChI is InChI=1S/C18H34N2/c1-3-4-5-6-7-8-9-10-11-12-18(2)13-15-20-16-14-19-17-20/h14,16-18H,3-13,15H2,1-2H3. The second kappa shape index (κ2) is 12.0. The molecule has 0 bridgehead atoms. The zero-order valence-electron chi connectivity index (χ0n) is 13.7. The normalized spacial score (nSPS) is 12.7. The first kappa shape index (κ1) is 17.3. The number of aryl methyl sites for hydroxylation is 1. The monoisotopic (exact) mass is 278 g/mol. The van der Waals surface area contributed by atoms with Gasteiger partial charge in [-0.3, -0.25) is 0 Å². The summed E-state index contributed by atoms with van der Waals surface area (Å²) in [4.78, 5) is 4.09. The van der Waals surface area contributed by atoms with E-state index in [4.69, 9.17) is 0 Å². The van der Waals surface area contributed by atoms with Crippen LogP contribution in [0.2, 0.25) is 0 Å². The molecule has 2 heteroatoms. The van der Waals surface area contributed by atoms with Crippen molar-refractivity contribution >= 4 is 0 Å². The van der Waals surface area contributed by atoms with Gasteiger partial charge in [0.2, 0.25) is 0 Å². The van der Waals surface area contributed by atoms with Crippen molar-refractivity contribution < 1.29 is 0 Å². The van der Waals surface area contributed by atoms with Gasteiger partial charge in [0.1, 0.15) is 0 Å². The lowest BCUT2D eigenvalue weighted by atomic mass is 9.99. The van der Waals surface area contributed by atoms with Gasteiger partial charge in [-0.2, -0.15) is 0 Å². The van der Waals surface area contributed by atoms with Crippen LogP contribution in [0.4, 0.5) is 0 Å². The molecule has 1 aromatic rings. The van der Waals surface area contributed by atoms with Crippen LogP contribution in [0.3, 0.4) is 0 Å². The van der Waals surface area contributed by atoms with E-state index in [0.29, 0.717) is 0 Å². The van der Waals surface area contributed by atoms with Crippen molar-refractivity contribution in [2.45, 2.75) is 91.0 Å². The van der Waals surface area contributed by atoms with E-state index in [9.17, 15) is 0 Å². The Kier molecular flexibility index (Phi) is 10.3. The molecule has 0 aliphatic rings. The maximum absolute atomic E-state index is 4.09. The lowest BCUT2D eigenvalue weighted by molar-refractivity contribution is 0.426. The van der Waals surface area contributed by atoms with E-state index in [1.807, 2.05) is 12.5 Å². The van der Waals surface area contributed by atoms with Gasteiger partial charge in [-0.1, -0.05) is 78.1 Å². The first-order chi connectivity index (χ1) is 9.83. The molecule has 1 unspecified atom stereocenters. The van der Waals surface area contributed by atoms with Gasteiger partial charge in [0.05, 0.1) is 6.33 Å². The third-order valence-corrected chi connectivity index (χ3v) is 4.24. The van der Waals surface area contributed by atoms with E-state index < -0.39 is 0 Å². The fourth-order valence-electron chi connectivity index (χ4n) is 2.74. The Morgan fingerprint density at radius 1 is 0.900 bits per heavy atom. The summed E-state index contributed by atoms with van der Waals surface area (Å²) in [5.41, 5.74) is 0. The molecule has 0 saturated carbocycles. The number of hydrogen-bond donors (Lipinski definition) is 0. The summed E-state index contributed by atoms with van der Waals surface area (Å²) in [5, 5.41) is 0. The molecule has 0 saturated heterocycles. The summed E-state index contributed by atoms with van der Waals surface area (Å²) in [6.07, 6.45) is 21.4. The van der Waals surface area contributed by atoms with Crippen molar-refractivity contribution in [1.29, 1.82) is 0 Å². The molecular weight excluding hydrogens is 244 g/mol. The number of aromatic nitrogens is 2. The Hall–Kier alpha value is -0.790. The first-order valence-corrected chi connectivity index (χ1v) is 8.78. The van der Waals surface area contributed by atoms with E-state index in [1.165, 1.54) is 70.6 Å². The number of nitrogens with zero attached hydrogens (tertiary/aromatic N) is 2. The minimum atomic E-state index is 0.849. The van der Waals surface area contributed by atoms with Gasteiger partial charge in [0.25, 0.3) is 0 Å². The SMILES string of the molecule is CCCCCCCCCCCC(C)CCn1ccnc1. The zero-order valence-corrected chi connectivity index (χ0v) is 13.7. The highest BCUT2D eigenvalue weighted by Crippen LogP contribution is 2.16. The van der Waals surface area contributed by atoms with Crippen molar-refractivity contribution in [2.24, 2.45) is 5.92 Å². The van der Waals surface area contributed by atoms with Crippen molar-refractivity contribution in [3.05, 3.63) is 18.7 Å². The Balaban J connectivity index is 1.83. The van der Waals surface area contributed by atoms with Crippen LogP contribution in [0.15, 0.2) is 18.7 Å². The van der Waals surface area contributed by atoms with Crippen LogP contribution in [0, 0.1) is 5.92 Å². The van der Waals surface area contributed by atoms with Crippen molar-refractivity contribution in [3.63, 3.8) is 0 Å². The van der Waals surface area contributed by atoms with Crippen molar-refractivity contribution in [2.75, 3.05) is 0 Å². The predicted octanol–water partition coefficient (Wildman–Crippen LogP) is 5.83. The molecule has 1 atom stereocenters. The largest absolute Gasteiger partial charge is 0.337 e. The summed E-state index contributed by atoms with van der Waals surface area (Å²) in [6.45, 7) is 5.80. The number of rotatable bonds is 13. The predicted molar refractivity (Wildman–Crippen MR) is 87.9 cm³/mol. The second-order valence-corrected chi connectivity index (χ2v) is 6.31. The average Bonchev–Trinajstić information content (AvgIpc) is 2.96. The highest BCUT2D eigenvalue weighted by molar-refractivity contribution is 4.74. The van der Waals surface area contributed by atoms with Gasteiger partial charge in [-0.15, -0.1) is 0 Å². The fraction of sp³-hybridized carbons (Fsp3) is 0.833. The molecule has 0 radical (unpaired) electrons. The molecule has 1 rings (SSSR count). The average molecular weight is 278 g/mol. The highest BCUT2D eigenvalue weighted by atomic mass is 15.0. The number of unbranched alkanes of at least 4 members (excludes halogenated alkanes) is 8. The molecule has 0 N–H and O–H groups in total. The minimum absolute atomic E-state index is 0.849. The molecule has 0 aromatic carbocycles. The lowest BCUT2D eigenvalue weighted by Gasteiger charge is -2.11. The maximum Gasteiger partial charge on any atom is 0.0945 e. The third-order valence-electron chi connectivity index (χ3n) is 4.24. The first-order valence-electron chi connectivity index (χ1n) is 8.78. The topological polar surface area (TPSA) is 17.8 Å². The van der Waals surface area contributed by atoms with Crippen LogP contribution < -0.4 is 0 Å². The zero-order chi connectivity index (χ0) is 14.5. The Bertz CT molecular complexity index is 292. The van der Waals surface area contributed by atoms with E-state index >= 15 is 0 Å². The molecule has 1 heterocycles. The number of hydrogen-bond acceptors (Lipinski definition) is 1. The van der Waals surface area contributed by atoms with E-state index in [-0.39, 0.29) is 0 Å². The van der Waals surface area contributed by atoms with Crippen molar-refractivity contribution in [3.8, 4) is 0 Å². The summed E-state index contributed by atoms with van der Waals surface area (Å²) in [7, 11) is 0. The quantitative estimate of drug-likeness (QED) is 0.415. The van der Waals surface area contributed by atoms with Gasteiger partial charge in [0.15, 0.2) is 0 Å². The highest BCUT2D eigenvalue weighted by Gasteiger charge is 2.02. The lowest BCUT2D eigenvalue weighted by Crippen LogP contribution is -2.02. The maximum atomic E-state index is 4.09. The Labute approximate surface area is 126 Å². The second-order valence-electron chi connectivity index (χ2n) is 6.31. The van der Waals surface area contributed by atoms with Crippen LogP contribution in [0.25, 0.3) is 0 Å². The summed E-state index contributed by atoms with van der Waals surface area (Å²) >= 11 is 0. The number of imidazole rings is 1. The van der Waals surface area contributed by atoms with E-state index in [0.717, 1.165) is 12.5 Å². The smallest absolute Gasteiger partial charge is 0.0945 e. The van der Waals surface area contributed by atoms with Crippen LogP contribution in [0.1, 0.15) is 84.5 Å². The van der Waals surface area contributed by atoms with E-state index in [2.05, 4.69) is 29.6 Å². The van der Waals surface area contributed by atoms with Crippen LogP contribution >= 0.6 is 0 Å². The molecule has 0 aliphatic carbocycles. The molecule has 0 aliphatic heterocycles. The summed E-state index contributed by atoms with van der Waals surface area (Å²) in [5.74, 6) is 0.849. The van der Waals surface area contributed by atoms with Gasteiger partial charge >= 0.3 is 0 Å². The summed E-state index contributed by atoms with van der Waals surface area (Å²) in [6, 6.07) is 0. The van der Waals surface area contributed by atoms with Crippen LogP contribution in [-0.2, 0) is 6.54 Å². The minimum Gasteiger partial charge on any atom is -0.337 e. The summed E-state index contributed by atoms with van der Waals surface area (Å²) < 4.78 is 2.19. The molecule has 0 fully saturated rings. The molecule has 0 amide bonds. The Morgan fingerprint density at radius 3 is 2.15 bits per heavy atom. The molecule has 0 spiro atoms. The van der Waals surface area contributed by atoms with Crippen molar-refractivity contribution in [1.82, 2.24) is 9.55 Å². The molecule has 116 valence electrons. The molecule has 20 heavy (non-hydrogen) atoms. The molecule has 1 aromatic heterocycles. The molecular formula is C18H34N2. The van der Waals surface area contributed by atoms with Gasteiger partial charge in [-0.05, 0) is 12.3 Å². The van der Waals surface area contributed by atoms with Gasteiger partial charge in [-0.25, -0.2) is 4.98 Å². The fourth-order valence-corrected chi connectivity index (χ4v) is 2.74. The van der Waals surface area contributed by atoms with Gasteiger partial charge < -0.3 is 4.57 Å².